The van der Waals surface area contributed by atoms with Crippen LogP contribution < -0.4 is 10.6 Å². The summed E-state index contributed by atoms with van der Waals surface area (Å²) in [4.78, 5) is 9.84. The van der Waals surface area contributed by atoms with Crippen LogP contribution in [0.25, 0.3) is 0 Å². The molecular formula is C8H9ClN4. The Hall–Kier alpha value is -1.29. The molecule has 0 atom stereocenters. The summed E-state index contributed by atoms with van der Waals surface area (Å²) in [7, 11) is 0. The molecule has 0 saturated carbocycles. The fraction of sp³-hybridized carbons (Fsp3) is 0.250. The second-order valence-corrected chi connectivity index (χ2v) is 3.37. The first kappa shape index (κ1) is 8.31. The Labute approximate surface area is 81.0 Å². The zero-order valence-corrected chi connectivity index (χ0v) is 7.75. The van der Waals surface area contributed by atoms with E-state index in [1.165, 1.54) is 11.9 Å². The van der Waals surface area contributed by atoms with Gasteiger partial charge in [-0.05, 0) is 5.57 Å². The van der Waals surface area contributed by atoms with Crippen LogP contribution >= 0.6 is 11.6 Å². The first-order valence-corrected chi connectivity index (χ1v) is 4.24. The van der Waals surface area contributed by atoms with Crippen LogP contribution in [0, 0.1) is 0 Å². The summed E-state index contributed by atoms with van der Waals surface area (Å²) in [6, 6.07) is 0. The summed E-state index contributed by atoms with van der Waals surface area (Å²) >= 11 is 5.75. The third-order valence-electron chi connectivity index (χ3n) is 1.94. The van der Waals surface area contributed by atoms with E-state index in [1.54, 1.807) is 0 Å². The molecule has 1 aliphatic heterocycles. The highest BCUT2D eigenvalue weighted by molar-refractivity contribution is 6.32. The molecule has 0 aromatic carbocycles. The summed E-state index contributed by atoms with van der Waals surface area (Å²) in [6.45, 7) is 5.44. The minimum Gasteiger partial charge on any atom is -0.393 e. The Bertz CT molecular complexity index is 355. The highest BCUT2D eigenvalue weighted by Crippen LogP contribution is 2.29. The summed E-state index contributed by atoms with van der Waals surface area (Å²) in [5.74, 6) is 0.701. The van der Waals surface area contributed by atoms with E-state index in [2.05, 4.69) is 16.5 Å². The molecule has 2 rings (SSSR count). The second-order valence-electron chi connectivity index (χ2n) is 3.01. The monoisotopic (exact) mass is 196 g/mol. The SMILES string of the molecule is C=C1CN(c2ncnc(Cl)c2N)C1. The van der Waals surface area contributed by atoms with Crippen LogP contribution in [0.2, 0.25) is 5.15 Å². The predicted molar refractivity (Wildman–Crippen MR) is 52.8 cm³/mol. The quantitative estimate of drug-likeness (QED) is 0.540. The molecule has 1 aromatic rings. The van der Waals surface area contributed by atoms with Gasteiger partial charge in [0, 0.05) is 13.1 Å². The highest BCUT2D eigenvalue weighted by atomic mass is 35.5. The summed E-state index contributed by atoms with van der Waals surface area (Å²) < 4.78 is 0. The molecule has 1 saturated heterocycles. The zero-order chi connectivity index (χ0) is 9.42. The fourth-order valence-electron chi connectivity index (χ4n) is 1.26. The Morgan fingerprint density at radius 2 is 2.15 bits per heavy atom. The van der Waals surface area contributed by atoms with Gasteiger partial charge >= 0.3 is 0 Å². The van der Waals surface area contributed by atoms with Crippen LogP contribution in [0.3, 0.4) is 0 Å². The highest BCUT2D eigenvalue weighted by Gasteiger charge is 2.22. The normalized spacial score (nSPS) is 15.8. The summed E-state index contributed by atoms with van der Waals surface area (Å²) in [6.07, 6.45) is 1.41. The van der Waals surface area contributed by atoms with E-state index in [0.29, 0.717) is 16.7 Å². The van der Waals surface area contributed by atoms with Gasteiger partial charge in [-0.15, -0.1) is 0 Å². The number of rotatable bonds is 1. The van der Waals surface area contributed by atoms with Crippen molar-refractivity contribution in [1.82, 2.24) is 9.97 Å². The molecule has 1 fully saturated rings. The van der Waals surface area contributed by atoms with Crippen molar-refractivity contribution in [1.29, 1.82) is 0 Å². The summed E-state index contributed by atoms with van der Waals surface area (Å²) in [5, 5.41) is 0.308. The Balaban J connectivity index is 2.30. The Morgan fingerprint density at radius 1 is 1.46 bits per heavy atom. The Kier molecular flexibility index (Phi) is 1.84. The maximum Gasteiger partial charge on any atom is 0.157 e. The molecule has 0 radical (unpaired) electrons. The van der Waals surface area contributed by atoms with Gasteiger partial charge in [-0.2, -0.15) is 0 Å². The van der Waals surface area contributed by atoms with Gasteiger partial charge in [-0.1, -0.05) is 18.2 Å². The molecule has 0 amide bonds. The minimum absolute atomic E-state index is 0.308. The van der Waals surface area contributed by atoms with Gasteiger partial charge in [-0.3, -0.25) is 0 Å². The average molecular weight is 197 g/mol. The van der Waals surface area contributed by atoms with Crippen LogP contribution in [-0.2, 0) is 0 Å². The third-order valence-corrected chi connectivity index (χ3v) is 2.24. The van der Waals surface area contributed by atoms with Crippen molar-refractivity contribution in [2.45, 2.75) is 0 Å². The lowest BCUT2D eigenvalue weighted by molar-refractivity contribution is 0.760. The van der Waals surface area contributed by atoms with Crippen molar-refractivity contribution in [3.05, 3.63) is 23.6 Å². The van der Waals surface area contributed by atoms with Gasteiger partial charge in [0.15, 0.2) is 11.0 Å². The van der Waals surface area contributed by atoms with E-state index in [0.717, 1.165) is 13.1 Å². The number of nitrogens with zero attached hydrogens (tertiary/aromatic N) is 3. The van der Waals surface area contributed by atoms with E-state index in [1.807, 2.05) is 4.90 Å². The van der Waals surface area contributed by atoms with Gasteiger partial charge in [0.05, 0.1) is 0 Å². The van der Waals surface area contributed by atoms with E-state index in [-0.39, 0.29) is 0 Å². The maximum atomic E-state index is 5.75. The van der Waals surface area contributed by atoms with E-state index < -0.39 is 0 Å². The van der Waals surface area contributed by atoms with Gasteiger partial charge in [0.25, 0.3) is 0 Å². The van der Waals surface area contributed by atoms with Crippen LogP contribution in [0.15, 0.2) is 18.5 Å². The van der Waals surface area contributed by atoms with Crippen molar-refractivity contribution >= 4 is 23.1 Å². The molecule has 2 N–H and O–H groups in total. The number of nitrogen functional groups attached to an aromatic ring is 1. The average Bonchev–Trinajstić information content (AvgIpc) is 2.05. The van der Waals surface area contributed by atoms with E-state index in [4.69, 9.17) is 17.3 Å². The van der Waals surface area contributed by atoms with Crippen LogP contribution in [-0.4, -0.2) is 23.1 Å². The fourth-order valence-corrected chi connectivity index (χ4v) is 1.39. The molecular weight excluding hydrogens is 188 g/mol. The predicted octanol–water partition coefficient (Wildman–Crippen LogP) is 1.09. The van der Waals surface area contributed by atoms with Crippen molar-refractivity contribution in [3.8, 4) is 0 Å². The lowest BCUT2D eigenvalue weighted by Crippen LogP contribution is -2.40. The molecule has 1 aliphatic rings. The molecule has 0 spiro atoms. The topological polar surface area (TPSA) is 55.0 Å². The van der Waals surface area contributed by atoms with Gasteiger partial charge in [0.2, 0.25) is 0 Å². The van der Waals surface area contributed by atoms with Gasteiger partial charge in [-0.25, -0.2) is 9.97 Å². The number of aromatic nitrogens is 2. The molecule has 68 valence electrons. The standard InChI is InChI=1S/C8H9ClN4/c1-5-2-13(3-5)8-6(10)7(9)11-4-12-8/h4H,1-3,10H2. The third kappa shape index (κ3) is 1.33. The molecule has 0 aliphatic carbocycles. The molecule has 0 bridgehead atoms. The number of hydrogen-bond acceptors (Lipinski definition) is 4. The first-order valence-electron chi connectivity index (χ1n) is 3.86. The number of anilines is 2. The van der Waals surface area contributed by atoms with Crippen LogP contribution in [0.5, 0.6) is 0 Å². The maximum absolute atomic E-state index is 5.75. The van der Waals surface area contributed by atoms with Gasteiger partial charge < -0.3 is 10.6 Å². The molecule has 2 heterocycles. The molecule has 13 heavy (non-hydrogen) atoms. The first-order chi connectivity index (χ1) is 6.18. The van der Waals surface area contributed by atoms with Gasteiger partial charge in [0.1, 0.15) is 12.0 Å². The van der Waals surface area contributed by atoms with Crippen molar-refractivity contribution in [2.24, 2.45) is 0 Å². The second kappa shape index (κ2) is 2.88. The zero-order valence-electron chi connectivity index (χ0n) is 7.00. The van der Waals surface area contributed by atoms with E-state index >= 15 is 0 Å². The van der Waals surface area contributed by atoms with Crippen molar-refractivity contribution in [3.63, 3.8) is 0 Å². The molecule has 5 heteroatoms. The molecule has 0 unspecified atom stereocenters. The van der Waals surface area contributed by atoms with Crippen molar-refractivity contribution in [2.75, 3.05) is 23.7 Å². The van der Waals surface area contributed by atoms with E-state index in [9.17, 15) is 0 Å². The molecule has 1 aromatic heterocycles. The smallest absolute Gasteiger partial charge is 0.157 e. The molecule has 4 nitrogen and oxygen atoms in total. The number of halogens is 1. The van der Waals surface area contributed by atoms with Crippen molar-refractivity contribution < 1.29 is 0 Å². The largest absolute Gasteiger partial charge is 0.393 e. The van der Waals surface area contributed by atoms with Crippen LogP contribution in [0.4, 0.5) is 11.5 Å². The number of hydrogen-bond donors (Lipinski definition) is 1. The lowest BCUT2D eigenvalue weighted by atomic mass is 10.1. The Morgan fingerprint density at radius 3 is 2.77 bits per heavy atom. The van der Waals surface area contributed by atoms with Crippen LogP contribution in [0.1, 0.15) is 0 Å². The number of nitrogens with two attached hydrogens (primary N) is 1. The lowest BCUT2D eigenvalue weighted by Gasteiger charge is -2.34. The summed E-state index contributed by atoms with van der Waals surface area (Å²) in [5.41, 5.74) is 7.33. The minimum atomic E-state index is 0.308.